The Bertz CT molecular complexity index is 1350. The largest absolute Gasteiger partial charge is 0.453 e. The van der Waals surface area contributed by atoms with Crippen LogP contribution < -0.4 is 16.6 Å². The van der Waals surface area contributed by atoms with Crippen LogP contribution in [0.5, 0.6) is 0 Å². The summed E-state index contributed by atoms with van der Waals surface area (Å²) in [4.78, 5) is 53.3. The number of nitrogens with two attached hydrogens (primary N) is 1. The maximum atomic E-state index is 13.1. The lowest BCUT2D eigenvalue weighted by atomic mass is 10.0. The Hall–Kier alpha value is -4.21. The highest BCUT2D eigenvalue weighted by Crippen LogP contribution is 2.23. The molecule has 3 rings (SSSR count). The monoisotopic (exact) mass is 508 g/mol. The standard InChI is InChI=1S/C27H32N4O6/c1-17(2)14-18-8-6-11-21-25(18)37-24(29-21)16-31-13-7-9-19(26(31)34)15-22(32)20(30-27(35)36-3)10-4-5-12-23(28)33/h5-9,11-13,17,20H,4,10,14-16H2,1-3H3,(H2,28,33)(H,30,35)/b12-5+/t20-/m0/s1. The molecular formula is C27H32N4O6. The number of amides is 2. The number of oxazole rings is 1. The maximum Gasteiger partial charge on any atom is 0.407 e. The lowest BCUT2D eigenvalue weighted by molar-refractivity contribution is -0.120. The zero-order valence-corrected chi connectivity index (χ0v) is 21.2. The number of allylic oxidation sites excluding steroid dienone is 1. The smallest absolute Gasteiger partial charge is 0.407 e. The van der Waals surface area contributed by atoms with E-state index in [1.165, 1.54) is 23.8 Å². The van der Waals surface area contributed by atoms with Gasteiger partial charge < -0.3 is 24.8 Å². The Balaban J connectivity index is 1.78. The van der Waals surface area contributed by atoms with Crippen molar-refractivity contribution in [1.29, 1.82) is 0 Å². The minimum Gasteiger partial charge on any atom is -0.453 e. The first-order valence-corrected chi connectivity index (χ1v) is 12.1. The number of nitrogens with one attached hydrogen (secondary N) is 1. The molecule has 3 N–H and O–H groups in total. The van der Waals surface area contributed by atoms with Crippen molar-refractivity contribution in [2.24, 2.45) is 11.7 Å². The van der Waals surface area contributed by atoms with E-state index in [4.69, 9.17) is 10.2 Å². The summed E-state index contributed by atoms with van der Waals surface area (Å²) in [5.41, 5.74) is 7.50. The molecule has 10 nitrogen and oxygen atoms in total. The first kappa shape index (κ1) is 27.4. The molecule has 0 aliphatic heterocycles. The number of benzene rings is 1. The molecule has 0 bridgehead atoms. The molecule has 10 heteroatoms. The van der Waals surface area contributed by atoms with Crippen molar-refractivity contribution in [3.8, 4) is 0 Å². The molecule has 0 aliphatic rings. The number of fused-ring (bicyclic) bond motifs is 1. The van der Waals surface area contributed by atoms with Gasteiger partial charge in [0, 0.05) is 18.2 Å². The second-order valence-electron chi connectivity index (χ2n) is 9.15. The van der Waals surface area contributed by atoms with E-state index in [0.717, 1.165) is 17.5 Å². The number of ether oxygens (including phenoxy) is 1. The molecule has 0 spiro atoms. The van der Waals surface area contributed by atoms with Crippen molar-refractivity contribution < 1.29 is 23.5 Å². The normalized spacial score (nSPS) is 12.2. The van der Waals surface area contributed by atoms with Gasteiger partial charge in [-0.1, -0.05) is 38.1 Å². The van der Waals surface area contributed by atoms with Gasteiger partial charge in [-0.15, -0.1) is 0 Å². The molecule has 3 aromatic rings. The van der Waals surface area contributed by atoms with Crippen LogP contribution in [-0.2, 0) is 33.7 Å². The minimum absolute atomic E-state index is 0.110. The van der Waals surface area contributed by atoms with Crippen LogP contribution in [0.1, 0.15) is 43.7 Å². The van der Waals surface area contributed by atoms with Gasteiger partial charge in [0.1, 0.15) is 12.1 Å². The van der Waals surface area contributed by atoms with Crippen LogP contribution >= 0.6 is 0 Å². The van der Waals surface area contributed by atoms with Crippen LogP contribution in [-0.4, -0.2) is 40.5 Å². The quantitative estimate of drug-likeness (QED) is 0.358. The third kappa shape index (κ3) is 7.63. The molecule has 2 amide bonds. The third-order valence-corrected chi connectivity index (χ3v) is 5.71. The summed E-state index contributed by atoms with van der Waals surface area (Å²) >= 11 is 0. The first-order valence-electron chi connectivity index (χ1n) is 12.1. The molecule has 196 valence electrons. The Labute approximate surface area is 214 Å². The van der Waals surface area contributed by atoms with E-state index in [-0.39, 0.29) is 36.3 Å². The van der Waals surface area contributed by atoms with Crippen LogP contribution in [0, 0.1) is 5.92 Å². The zero-order chi connectivity index (χ0) is 26.9. The number of carbonyl (C=O) groups excluding carboxylic acids is 3. The van der Waals surface area contributed by atoms with E-state index >= 15 is 0 Å². The van der Waals surface area contributed by atoms with Crippen LogP contribution in [0.15, 0.2) is 57.9 Å². The van der Waals surface area contributed by atoms with Crippen LogP contribution in [0.25, 0.3) is 11.1 Å². The van der Waals surface area contributed by atoms with Crippen molar-refractivity contribution in [1.82, 2.24) is 14.9 Å². The fourth-order valence-electron chi connectivity index (χ4n) is 4.00. The molecule has 1 atom stereocenters. The van der Waals surface area contributed by atoms with Crippen molar-refractivity contribution >= 4 is 28.9 Å². The minimum atomic E-state index is -0.908. The van der Waals surface area contributed by atoms with Crippen molar-refractivity contribution in [3.63, 3.8) is 0 Å². The van der Waals surface area contributed by atoms with E-state index in [0.29, 0.717) is 23.8 Å². The molecule has 0 radical (unpaired) electrons. The number of aromatic nitrogens is 2. The summed E-state index contributed by atoms with van der Waals surface area (Å²) in [5.74, 6) is -0.132. The predicted octanol–water partition coefficient (Wildman–Crippen LogP) is 2.89. The van der Waals surface area contributed by atoms with E-state index in [1.807, 2.05) is 18.2 Å². The van der Waals surface area contributed by atoms with Gasteiger partial charge >= 0.3 is 6.09 Å². The maximum absolute atomic E-state index is 13.1. The number of carbonyl (C=O) groups is 3. The number of nitrogens with zero attached hydrogens (tertiary/aromatic N) is 2. The SMILES string of the molecule is COC(=O)N[C@@H](CC/C=C/C(N)=O)C(=O)Cc1cccn(Cc2nc3cccc(CC(C)C)c3o2)c1=O. The molecule has 1 aromatic carbocycles. The van der Waals surface area contributed by atoms with Crippen LogP contribution in [0.2, 0.25) is 0 Å². The fraction of sp³-hybridized carbons (Fsp3) is 0.370. The summed E-state index contributed by atoms with van der Waals surface area (Å²) in [6.45, 7) is 4.37. The average Bonchev–Trinajstić information content (AvgIpc) is 3.26. The first-order chi connectivity index (χ1) is 17.7. The summed E-state index contributed by atoms with van der Waals surface area (Å²) in [6.07, 6.45) is 4.73. The van der Waals surface area contributed by atoms with Gasteiger partial charge in [0.05, 0.1) is 13.2 Å². The summed E-state index contributed by atoms with van der Waals surface area (Å²) in [7, 11) is 1.19. The van der Waals surface area contributed by atoms with Gasteiger partial charge in [0.15, 0.2) is 11.4 Å². The van der Waals surface area contributed by atoms with E-state index in [9.17, 15) is 19.2 Å². The number of ketones is 1. The van der Waals surface area contributed by atoms with Gasteiger partial charge in [0.25, 0.3) is 5.56 Å². The van der Waals surface area contributed by atoms with Gasteiger partial charge in [0.2, 0.25) is 11.8 Å². The van der Waals surface area contributed by atoms with Crippen molar-refractivity contribution in [3.05, 3.63) is 76.1 Å². The lowest BCUT2D eigenvalue weighted by Crippen LogP contribution is -2.42. The molecule has 0 aliphatic carbocycles. The molecular weight excluding hydrogens is 476 g/mol. The number of hydrogen-bond acceptors (Lipinski definition) is 7. The highest BCUT2D eigenvalue weighted by molar-refractivity contribution is 5.89. The molecule has 2 heterocycles. The highest BCUT2D eigenvalue weighted by atomic mass is 16.5. The second-order valence-corrected chi connectivity index (χ2v) is 9.15. The van der Waals surface area contributed by atoms with Gasteiger partial charge in [-0.3, -0.25) is 14.4 Å². The Morgan fingerprint density at radius 3 is 2.65 bits per heavy atom. The summed E-state index contributed by atoms with van der Waals surface area (Å²) in [6, 6.07) is 8.16. The lowest BCUT2D eigenvalue weighted by Gasteiger charge is -2.16. The number of Topliss-reactive ketones (excluding diaryl/α,β-unsaturated/α-hetero) is 1. The number of primary amides is 1. The number of hydrogen-bond donors (Lipinski definition) is 2. The van der Waals surface area contributed by atoms with E-state index < -0.39 is 18.0 Å². The summed E-state index contributed by atoms with van der Waals surface area (Å²) in [5, 5.41) is 2.49. The Morgan fingerprint density at radius 2 is 1.95 bits per heavy atom. The predicted molar refractivity (Wildman–Crippen MR) is 138 cm³/mol. The molecule has 37 heavy (non-hydrogen) atoms. The number of rotatable bonds is 12. The van der Waals surface area contributed by atoms with Gasteiger partial charge in [-0.05, 0) is 49.0 Å². The Kier molecular flexibility index (Phi) is 9.37. The van der Waals surface area contributed by atoms with Gasteiger partial charge in [-0.25, -0.2) is 9.78 Å². The molecule has 0 saturated heterocycles. The van der Waals surface area contributed by atoms with E-state index in [1.54, 1.807) is 18.3 Å². The van der Waals surface area contributed by atoms with Crippen molar-refractivity contribution in [2.45, 2.75) is 52.1 Å². The highest BCUT2D eigenvalue weighted by Gasteiger charge is 2.22. The van der Waals surface area contributed by atoms with Crippen LogP contribution in [0.4, 0.5) is 4.79 Å². The second kappa shape index (κ2) is 12.7. The number of pyridine rings is 1. The molecule has 0 saturated carbocycles. The molecule has 2 aromatic heterocycles. The van der Waals surface area contributed by atoms with Gasteiger partial charge in [-0.2, -0.15) is 0 Å². The number of methoxy groups -OCH3 is 1. The molecule has 0 unspecified atom stereocenters. The molecule has 0 fully saturated rings. The third-order valence-electron chi connectivity index (χ3n) is 5.71. The summed E-state index contributed by atoms with van der Waals surface area (Å²) < 4.78 is 12.1. The van der Waals surface area contributed by atoms with E-state index in [2.05, 4.69) is 28.9 Å². The van der Waals surface area contributed by atoms with Crippen molar-refractivity contribution in [2.75, 3.05) is 7.11 Å². The fourth-order valence-corrected chi connectivity index (χ4v) is 4.00. The number of alkyl carbamates (subject to hydrolysis) is 1. The average molecular weight is 509 g/mol. The zero-order valence-electron chi connectivity index (χ0n) is 21.2. The number of para-hydroxylation sites is 1. The van der Waals surface area contributed by atoms with Crippen LogP contribution in [0.3, 0.4) is 0 Å². The topological polar surface area (TPSA) is 147 Å². The Morgan fingerprint density at radius 1 is 1.19 bits per heavy atom.